The second-order valence-corrected chi connectivity index (χ2v) is 6.82. The van der Waals surface area contributed by atoms with Crippen LogP contribution >= 0.6 is 0 Å². The Bertz CT molecular complexity index is 905. The highest BCUT2D eigenvalue weighted by molar-refractivity contribution is 5.70. The Labute approximate surface area is 130 Å². The van der Waals surface area contributed by atoms with Crippen molar-refractivity contribution in [3.05, 3.63) is 77.9 Å². The summed E-state index contributed by atoms with van der Waals surface area (Å²) >= 11 is 0. The SMILES string of the molecule is CC12Cc3ccccc3-c3cccc([n+]3C1)-c1ccccc12. The maximum Gasteiger partial charge on any atom is 0.213 e. The van der Waals surface area contributed by atoms with E-state index < -0.39 is 0 Å². The fraction of sp³-hybridized carbons (Fsp3) is 0.190. The molecule has 2 aliphatic rings. The highest BCUT2D eigenvalue weighted by Crippen LogP contribution is 2.43. The average molecular weight is 284 g/mol. The molecule has 2 aromatic carbocycles. The first-order valence-electron chi connectivity index (χ1n) is 7.97. The molecule has 5 rings (SSSR count). The van der Waals surface area contributed by atoms with Crippen LogP contribution in [-0.2, 0) is 18.4 Å². The lowest BCUT2D eigenvalue weighted by atomic mass is 9.73. The molecule has 3 heterocycles. The van der Waals surface area contributed by atoms with Crippen molar-refractivity contribution in [2.45, 2.75) is 25.3 Å². The summed E-state index contributed by atoms with van der Waals surface area (Å²) in [6.07, 6.45) is 1.10. The van der Waals surface area contributed by atoms with Gasteiger partial charge in [0.05, 0.1) is 11.0 Å². The van der Waals surface area contributed by atoms with Crippen molar-refractivity contribution >= 4 is 0 Å². The fourth-order valence-corrected chi connectivity index (χ4v) is 4.34. The predicted octanol–water partition coefficient (Wildman–Crippen LogP) is 4.14. The summed E-state index contributed by atoms with van der Waals surface area (Å²) in [4.78, 5) is 0. The maximum absolute atomic E-state index is 2.52. The van der Waals surface area contributed by atoms with E-state index in [0.29, 0.717) is 0 Å². The first-order chi connectivity index (χ1) is 10.8. The van der Waals surface area contributed by atoms with Gasteiger partial charge in [-0.15, -0.1) is 0 Å². The van der Waals surface area contributed by atoms with Crippen LogP contribution in [0.3, 0.4) is 0 Å². The average Bonchev–Trinajstić information content (AvgIpc) is 2.68. The minimum Gasteiger partial charge on any atom is -0.190 e. The van der Waals surface area contributed by atoms with Crippen molar-refractivity contribution in [2.24, 2.45) is 0 Å². The standard InChI is InChI=1S/C21H18N/c1-21-13-15-7-2-3-8-16(15)19-11-6-12-20(22(19)14-21)17-9-4-5-10-18(17)21/h2-12H,13-14H2,1H3/q+1. The van der Waals surface area contributed by atoms with E-state index in [-0.39, 0.29) is 5.41 Å². The van der Waals surface area contributed by atoms with E-state index in [1.54, 1.807) is 0 Å². The molecule has 3 aromatic rings. The van der Waals surface area contributed by atoms with Gasteiger partial charge in [0, 0.05) is 17.7 Å². The molecule has 1 heteroatoms. The molecule has 2 aliphatic heterocycles. The smallest absolute Gasteiger partial charge is 0.190 e. The summed E-state index contributed by atoms with van der Waals surface area (Å²) in [7, 11) is 0. The molecule has 0 spiro atoms. The molecule has 0 aliphatic carbocycles. The largest absolute Gasteiger partial charge is 0.213 e. The first-order valence-corrected chi connectivity index (χ1v) is 7.97. The van der Waals surface area contributed by atoms with Crippen molar-refractivity contribution in [1.82, 2.24) is 0 Å². The van der Waals surface area contributed by atoms with Crippen LogP contribution in [0.4, 0.5) is 0 Å². The Morgan fingerprint density at radius 3 is 2.32 bits per heavy atom. The molecule has 2 bridgehead atoms. The Kier molecular flexibility index (Phi) is 2.25. The number of rotatable bonds is 0. The van der Waals surface area contributed by atoms with E-state index in [4.69, 9.17) is 0 Å². The molecular weight excluding hydrogens is 266 g/mol. The van der Waals surface area contributed by atoms with Crippen molar-refractivity contribution in [1.29, 1.82) is 0 Å². The van der Waals surface area contributed by atoms with Gasteiger partial charge in [-0.1, -0.05) is 36.4 Å². The van der Waals surface area contributed by atoms with Crippen LogP contribution in [0.2, 0.25) is 0 Å². The van der Waals surface area contributed by atoms with E-state index in [9.17, 15) is 0 Å². The molecule has 1 aromatic heterocycles. The lowest BCUT2D eigenvalue weighted by Crippen LogP contribution is -2.50. The monoisotopic (exact) mass is 284 g/mol. The summed E-state index contributed by atoms with van der Waals surface area (Å²) < 4.78 is 2.52. The van der Waals surface area contributed by atoms with E-state index in [1.807, 2.05) is 0 Å². The van der Waals surface area contributed by atoms with Crippen molar-refractivity contribution in [3.8, 4) is 22.5 Å². The zero-order valence-corrected chi connectivity index (χ0v) is 12.7. The molecule has 0 N–H and O–H groups in total. The van der Waals surface area contributed by atoms with E-state index in [1.165, 1.54) is 33.6 Å². The van der Waals surface area contributed by atoms with Gasteiger partial charge in [-0.2, -0.15) is 4.57 Å². The molecule has 0 fully saturated rings. The van der Waals surface area contributed by atoms with E-state index in [2.05, 4.69) is 78.2 Å². The fourth-order valence-electron chi connectivity index (χ4n) is 4.34. The van der Waals surface area contributed by atoms with E-state index >= 15 is 0 Å². The normalized spacial score (nSPS) is 20.8. The highest BCUT2D eigenvalue weighted by atomic mass is 15.0. The maximum atomic E-state index is 2.52. The number of nitrogens with zero attached hydrogens (tertiary/aromatic N) is 1. The van der Waals surface area contributed by atoms with Gasteiger partial charge in [0.15, 0.2) is 6.54 Å². The molecule has 0 saturated heterocycles. The van der Waals surface area contributed by atoms with Gasteiger partial charge in [-0.05, 0) is 42.7 Å². The third-order valence-corrected chi connectivity index (χ3v) is 5.32. The molecule has 22 heavy (non-hydrogen) atoms. The molecule has 106 valence electrons. The Hall–Kier alpha value is -2.41. The molecule has 0 saturated carbocycles. The quantitative estimate of drug-likeness (QED) is 0.546. The third-order valence-electron chi connectivity index (χ3n) is 5.32. The van der Waals surface area contributed by atoms with Crippen LogP contribution in [0.1, 0.15) is 18.1 Å². The van der Waals surface area contributed by atoms with Gasteiger partial charge >= 0.3 is 0 Å². The molecule has 0 amide bonds. The Morgan fingerprint density at radius 2 is 1.45 bits per heavy atom. The zero-order valence-electron chi connectivity index (χ0n) is 12.7. The molecule has 1 unspecified atom stereocenters. The topological polar surface area (TPSA) is 3.88 Å². The highest BCUT2D eigenvalue weighted by Gasteiger charge is 2.44. The Balaban J connectivity index is 1.95. The van der Waals surface area contributed by atoms with Gasteiger partial charge in [-0.3, -0.25) is 0 Å². The van der Waals surface area contributed by atoms with Crippen molar-refractivity contribution in [2.75, 3.05) is 0 Å². The van der Waals surface area contributed by atoms with Gasteiger partial charge in [0.2, 0.25) is 11.4 Å². The molecule has 1 nitrogen and oxygen atoms in total. The molecule has 0 radical (unpaired) electrons. The van der Waals surface area contributed by atoms with Crippen LogP contribution in [0.5, 0.6) is 0 Å². The van der Waals surface area contributed by atoms with Gasteiger partial charge < -0.3 is 0 Å². The van der Waals surface area contributed by atoms with Gasteiger partial charge in [0.1, 0.15) is 0 Å². The zero-order chi connectivity index (χ0) is 14.7. The summed E-state index contributed by atoms with van der Waals surface area (Å²) in [6, 6.07) is 24.5. The van der Waals surface area contributed by atoms with Gasteiger partial charge in [-0.25, -0.2) is 0 Å². The molecular formula is C21H18N+. The van der Waals surface area contributed by atoms with Crippen molar-refractivity contribution in [3.63, 3.8) is 0 Å². The van der Waals surface area contributed by atoms with Crippen molar-refractivity contribution < 1.29 is 4.57 Å². The lowest BCUT2D eigenvalue weighted by molar-refractivity contribution is -0.685. The summed E-state index contributed by atoms with van der Waals surface area (Å²) in [5.74, 6) is 0. The number of aromatic nitrogens is 1. The van der Waals surface area contributed by atoms with Gasteiger partial charge in [0.25, 0.3) is 0 Å². The number of fused-ring (bicyclic) bond motifs is 6. The van der Waals surface area contributed by atoms with Crippen LogP contribution in [-0.4, -0.2) is 0 Å². The summed E-state index contributed by atoms with van der Waals surface area (Å²) in [6.45, 7) is 3.48. The summed E-state index contributed by atoms with van der Waals surface area (Å²) in [5.41, 5.74) is 8.60. The van der Waals surface area contributed by atoms with E-state index in [0.717, 1.165) is 13.0 Å². The number of hydrogen-bond donors (Lipinski definition) is 0. The van der Waals surface area contributed by atoms with Crippen LogP contribution < -0.4 is 4.57 Å². The third kappa shape index (κ3) is 1.46. The van der Waals surface area contributed by atoms with Crippen LogP contribution in [0, 0.1) is 0 Å². The minimum absolute atomic E-state index is 0.164. The predicted molar refractivity (Wildman–Crippen MR) is 88.6 cm³/mol. The lowest BCUT2D eigenvalue weighted by Gasteiger charge is -2.31. The second kappa shape index (κ2) is 4.07. The number of pyridine rings is 1. The second-order valence-electron chi connectivity index (χ2n) is 6.82. The number of benzene rings is 2. The summed E-state index contributed by atoms with van der Waals surface area (Å²) in [5, 5.41) is 0. The Morgan fingerprint density at radius 1 is 0.773 bits per heavy atom. The number of hydrogen-bond acceptors (Lipinski definition) is 0. The first kappa shape index (κ1) is 12.2. The minimum atomic E-state index is 0.164. The molecule has 1 atom stereocenters. The van der Waals surface area contributed by atoms with Crippen LogP contribution in [0.25, 0.3) is 22.5 Å². The van der Waals surface area contributed by atoms with Crippen LogP contribution in [0.15, 0.2) is 66.7 Å².